The molecule has 3 nitrogen and oxygen atoms in total. The van der Waals surface area contributed by atoms with Gasteiger partial charge in [-0.25, -0.2) is 0 Å². The molecular weight excluding hydrogens is 304 g/mol. The molecule has 0 heterocycles. The highest BCUT2D eigenvalue weighted by Crippen LogP contribution is 2.19. The molecule has 0 saturated carbocycles. The van der Waals surface area contributed by atoms with E-state index in [9.17, 15) is 4.79 Å². The fourth-order valence-electron chi connectivity index (χ4n) is 1.27. The number of thioether (sulfide) groups is 1. The molecule has 1 aromatic rings. The second-order valence-corrected chi connectivity index (χ2v) is 6.05. The summed E-state index contributed by atoms with van der Waals surface area (Å²) in [5, 5.41) is 8.72. The van der Waals surface area contributed by atoms with Crippen molar-refractivity contribution in [2.75, 3.05) is 12.4 Å². The lowest BCUT2D eigenvalue weighted by Gasteiger charge is -2.09. The Bertz CT molecular complexity index is 371. The summed E-state index contributed by atoms with van der Waals surface area (Å²) in [5.41, 5.74) is 0. The van der Waals surface area contributed by atoms with Gasteiger partial charge in [-0.05, 0) is 18.2 Å². The molecule has 0 aromatic heterocycles. The lowest BCUT2D eigenvalue weighted by Crippen LogP contribution is -2.09. The van der Waals surface area contributed by atoms with E-state index in [2.05, 4.69) is 15.9 Å². The lowest BCUT2D eigenvalue weighted by atomic mass is 10.3. The predicted octanol–water partition coefficient (Wildman–Crippen LogP) is 3.42. The maximum Gasteiger partial charge on any atom is 0.304 e. The van der Waals surface area contributed by atoms with Gasteiger partial charge in [-0.15, -0.1) is 0 Å². The third-order valence-corrected chi connectivity index (χ3v) is 3.64. The van der Waals surface area contributed by atoms with Gasteiger partial charge in [-0.3, -0.25) is 4.79 Å². The van der Waals surface area contributed by atoms with Crippen LogP contribution in [-0.4, -0.2) is 28.7 Å². The van der Waals surface area contributed by atoms with E-state index in [0.717, 1.165) is 16.0 Å². The molecule has 1 rings (SSSR count). The number of halogens is 1. The zero-order valence-electron chi connectivity index (χ0n) is 9.56. The van der Waals surface area contributed by atoms with E-state index in [-0.39, 0.29) is 11.7 Å². The van der Waals surface area contributed by atoms with Gasteiger partial charge in [0, 0.05) is 15.5 Å². The summed E-state index contributed by atoms with van der Waals surface area (Å²) in [7, 11) is 0. The van der Waals surface area contributed by atoms with Crippen molar-refractivity contribution < 1.29 is 14.6 Å². The van der Waals surface area contributed by atoms with Crippen LogP contribution in [0, 0.1) is 0 Å². The number of rotatable bonds is 7. The molecular formula is C12H15BrO3S. The van der Waals surface area contributed by atoms with Gasteiger partial charge in [0.15, 0.2) is 0 Å². The standard InChI is InChI=1S/C12H15BrO3S/c1-9(7-12(14)15)17-6-5-16-11-4-2-3-10(13)8-11/h2-4,8-9H,5-7H2,1H3,(H,14,15). The van der Waals surface area contributed by atoms with Crippen LogP contribution < -0.4 is 4.74 Å². The van der Waals surface area contributed by atoms with E-state index in [0.29, 0.717) is 6.61 Å². The van der Waals surface area contributed by atoms with Gasteiger partial charge in [-0.2, -0.15) is 11.8 Å². The van der Waals surface area contributed by atoms with Crippen molar-refractivity contribution in [2.45, 2.75) is 18.6 Å². The van der Waals surface area contributed by atoms with Crippen LogP contribution >= 0.6 is 27.7 Å². The van der Waals surface area contributed by atoms with Crippen molar-refractivity contribution in [3.63, 3.8) is 0 Å². The zero-order chi connectivity index (χ0) is 12.7. The molecule has 0 aliphatic heterocycles. The monoisotopic (exact) mass is 318 g/mol. The Balaban J connectivity index is 2.18. The fourth-order valence-corrected chi connectivity index (χ4v) is 2.49. The Morgan fingerprint density at radius 2 is 2.35 bits per heavy atom. The number of carboxylic acids is 1. The Labute approximate surface area is 114 Å². The summed E-state index contributed by atoms with van der Waals surface area (Å²) in [5.74, 6) is 0.866. The van der Waals surface area contributed by atoms with Gasteiger partial charge in [0.1, 0.15) is 5.75 Å². The second-order valence-electron chi connectivity index (χ2n) is 3.59. The zero-order valence-corrected chi connectivity index (χ0v) is 12.0. The van der Waals surface area contributed by atoms with E-state index in [1.54, 1.807) is 11.8 Å². The van der Waals surface area contributed by atoms with Gasteiger partial charge in [0.05, 0.1) is 13.0 Å². The average Bonchev–Trinajstić information content (AvgIpc) is 2.23. The normalized spacial score (nSPS) is 12.1. The van der Waals surface area contributed by atoms with E-state index in [1.165, 1.54) is 0 Å². The molecule has 0 spiro atoms. The smallest absolute Gasteiger partial charge is 0.304 e. The lowest BCUT2D eigenvalue weighted by molar-refractivity contribution is -0.136. The number of hydrogen-bond acceptors (Lipinski definition) is 3. The van der Waals surface area contributed by atoms with E-state index < -0.39 is 5.97 Å². The number of hydrogen-bond donors (Lipinski definition) is 1. The molecule has 0 radical (unpaired) electrons. The fraction of sp³-hybridized carbons (Fsp3) is 0.417. The minimum atomic E-state index is -0.752. The molecule has 0 aliphatic carbocycles. The van der Waals surface area contributed by atoms with Gasteiger partial charge >= 0.3 is 5.97 Å². The van der Waals surface area contributed by atoms with Crippen molar-refractivity contribution in [1.29, 1.82) is 0 Å². The highest BCUT2D eigenvalue weighted by atomic mass is 79.9. The molecule has 17 heavy (non-hydrogen) atoms. The Morgan fingerprint density at radius 1 is 1.59 bits per heavy atom. The summed E-state index contributed by atoms with van der Waals surface area (Å²) in [6.45, 7) is 2.50. The SMILES string of the molecule is CC(CC(=O)O)SCCOc1cccc(Br)c1. The third-order valence-electron chi connectivity index (χ3n) is 2.01. The highest BCUT2D eigenvalue weighted by molar-refractivity contribution is 9.10. The van der Waals surface area contributed by atoms with Crippen LogP contribution in [0.1, 0.15) is 13.3 Å². The molecule has 0 saturated heterocycles. The van der Waals surface area contributed by atoms with Gasteiger partial charge in [-0.1, -0.05) is 28.9 Å². The summed E-state index contributed by atoms with van der Waals surface area (Å²) in [6.07, 6.45) is 0.196. The minimum absolute atomic E-state index is 0.124. The van der Waals surface area contributed by atoms with Crippen molar-refractivity contribution in [3.05, 3.63) is 28.7 Å². The summed E-state index contributed by atoms with van der Waals surface area (Å²) < 4.78 is 6.53. The van der Waals surface area contributed by atoms with Crippen LogP contribution in [0.15, 0.2) is 28.7 Å². The summed E-state index contributed by atoms with van der Waals surface area (Å²) in [6, 6.07) is 7.66. The molecule has 0 fully saturated rings. The van der Waals surface area contributed by atoms with Crippen molar-refractivity contribution in [1.82, 2.24) is 0 Å². The first kappa shape index (κ1) is 14.4. The van der Waals surface area contributed by atoms with Crippen LogP contribution in [0.4, 0.5) is 0 Å². The molecule has 1 N–H and O–H groups in total. The first-order chi connectivity index (χ1) is 8.08. The van der Waals surface area contributed by atoms with E-state index in [4.69, 9.17) is 9.84 Å². The van der Waals surface area contributed by atoms with Crippen LogP contribution in [0.2, 0.25) is 0 Å². The van der Waals surface area contributed by atoms with E-state index >= 15 is 0 Å². The molecule has 1 aromatic carbocycles. The third kappa shape index (κ3) is 6.58. The molecule has 0 amide bonds. The molecule has 0 aliphatic rings. The summed E-state index contributed by atoms with van der Waals surface area (Å²) >= 11 is 4.98. The van der Waals surface area contributed by atoms with Gasteiger partial charge in [0.2, 0.25) is 0 Å². The van der Waals surface area contributed by atoms with Crippen LogP contribution in [0.5, 0.6) is 5.75 Å². The van der Waals surface area contributed by atoms with Crippen molar-refractivity contribution in [2.24, 2.45) is 0 Å². The average molecular weight is 319 g/mol. The number of aliphatic carboxylic acids is 1. The summed E-state index contributed by atoms with van der Waals surface area (Å²) in [4.78, 5) is 10.5. The highest BCUT2D eigenvalue weighted by Gasteiger charge is 2.07. The van der Waals surface area contributed by atoms with Crippen molar-refractivity contribution in [3.8, 4) is 5.75 Å². The van der Waals surface area contributed by atoms with Crippen molar-refractivity contribution >= 4 is 33.7 Å². The quantitative estimate of drug-likeness (QED) is 0.782. The van der Waals surface area contributed by atoms with Crippen LogP contribution in [0.25, 0.3) is 0 Å². The molecule has 5 heteroatoms. The second kappa shape index (κ2) is 7.61. The number of ether oxygens (including phenoxy) is 1. The molecule has 1 unspecified atom stereocenters. The Morgan fingerprint density at radius 3 is 3.00 bits per heavy atom. The topological polar surface area (TPSA) is 46.5 Å². The predicted molar refractivity (Wildman–Crippen MR) is 73.8 cm³/mol. The van der Waals surface area contributed by atoms with E-state index in [1.807, 2.05) is 31.2 Å². The van der Waals surface area contributed by atoms with Gasteiger partial charge < -0.3 is 9.84 Å². The number of carboxylic acid groups (broad SMARTS) is 1. The minimum Gasteiger partial charge on any atom is -0.493 e. The number of benzene rings is 1. The maximum atomic E-state index is 10.5. The Kier molecular flexibility index (Phi) is 6.44. The Hall–Kier alpha value is -0.680. The molecule has 94 valence electrons. The van der Waals surface area contributed by atoms with Crippen LogP contribution in [0.3, 0.4) is 0 Å². The first-order valence-corrected chi connectivity index (χ1v) is 7.14. The largest absolute Gasteiger partial charge is 0.493 e. The van der Waals surface area contributed by atoms with Gasteiger partial charge in [0.25, 0.3) is 0 Å². The molecule has 1 atom stereocenters. The number of carbonyl (C=O) groups is 1. The van der Waals surface area contributed by atoms with Crippen LogP contribution in [-0.2, 0) is 4.79 Å². The molecule has 0 bridgehead atoms. The maximum absolute atomic E-state index is 10.5. The first-order valence-electron chi connectivity index (χ1n) is 5.29.